The van der Waals surface area contributed by atoms with Crippen molar-refractivity contribution in [3.8, 4) is 16.9 Å². The number of para-hydroxylation sites is 1. The fourth-order valence-corrected chi connectivity index (χ4v) is 3.05. The van der Waals surface area contributed by atoms with Crippen molar-refractivity contribution in [1.29, 1.82) is 0 Å². The SMILES string of the molecule is CC(C)c1ncc2c(n1)-c1ccccc1-n1cnc(C(=O)O)c1C2. The highest BCUT2D eigenvalue weighted by atomic mass is 16.4. The summed E-state index contributed by atoms with van der Waals surface area (Å²) >= 11 is 0. The molecule has 0 spiro atoms. The Kier molecular flexibility index (Phi) is 3.19. The molecule has 0 unspecified atom stereocenters. The third kappa shape index (κ3) is 2.11. The number of hydrogen-bond acceptors (Lipinski definition) is 4. The minimum atomic E-state index is -1.02. The molecule has 0 radical (unpaired) electrons. The topological polar surface area (TPSA) is 80.9 Å². The van der Waals surface area contributed by atoms with E-state index in [1.165, 1.54) is 0 Å². The smallest absolute Gasteiger partial charge is 0.356 e. The number of fused-ring (bicyclic) bond motifs is 5. The lowest BCUT2D eigenvalue weighted by Gasteiger charge is -2.11. The average Bonchev–Trinajstić information content (AvgIpc) is 2.93. The number of nitrogens with zero attached hydrogens (tertiary/aromatic N) is 4. The van der Waals surface area contributed by atoms with Crippen LogP contribution in [0.1, 0.15) is 47.3 Å². The summed E-state index contributed by atoms with van der Waals surface area (Å²) in [6.07, 6.45) is 3.81. The van der Waals surface area contributed by atoms with Crippen molar-refractivity contribution < 1.29 is 9.90 Å². The number of rotatable bonds is 2. The predicted molar refractivity (Wildman–Crippen MR) is 88.4 cm³/mol. The normalized spacial score (nSPS) is 12.3. The molecule has 0 fully saturated rings. The van der Waals surface area contributed by atoms with Crippen LogP contribution in [0.15, 0.2) is 36.8 Å². The maximum Gasteiger partial charge on any atom is 0.356 e. The highest BCUT2D eigenvalue weighted by Crippen LogP contribution is 2.35. The van der Waals surface area contributed by atoms with Crippen LogP contribution in [0.25, 0.3) is 16.9 Å². The summed E-state index contributed by atoms with van der Waals surface area (Å²) < 4.78 is 1.84. The van der Waals surface area contributed by atoms with Gasteiger partial charge in [-0.25, -0.2) is 19.7 Å². The summed E-state index contributed by atoms with van der Waals surface area (Å²) in [5.41, 5.74) is 4.35. The predicted octanol–water partition coefficient (Wildman–Crippen LogP) is 3.06. The number of aromatic nitrogens is 4. The molecule has 0 saturated carbocycles. The second-order valence-corrected chi connectivity index (χ2v) is 6.17. The number of hydrogen-bond donors (Lipinski definition) is 1. The van der Waals surface area contributed by atoms with Gasteiger partial charge in [0.15, 0.2) is 5.69 Å². The number of carboxylic acid groups (broad SMARTS) is 1. The Morgan fingerprint density at radius 2 is 2.04 bits per heavy atom. The Hall–Kier alpha value is -3.02. The maximum atomic E-state index is 11.5. The molecule has 24 heavy (non-hydrogen) atoms. The molecule has 6 heteroatoms. The van der Waals surface area contributed by atoms with Crippen molar-refractivity contribution >= 4 is 5.97 Å². The van der Waals surface area contributed by atoms with Crippen LogP contribution in [0.2, 0.25) is 0 Å². The Balaban J connectivity index is 2.03. The lowest BCUT2D eigenvalue weighted by Crippen LogP contribution is -2.06. The second-order valence-electron chi connectivity index (χ2n) is 6.17. The van der Waals surface area contributed by atoms with Crippen molar-refractivity contribution in [3.05, 3.63) is 59.6 Å². The van der Waals surface area contributed by atoms with E-state index in [9.17, 15) is 9.90 Å². The lowest BCUT2D eigenvalue weighted by molar-refractivity contribution is 0.0690. The third-order valence-corrected chi connectivity index (χ3v) is 4.25. The largest absolute Gasteiger partial charge is 0.476 e. The Morgan fingerprint density at radius 3 is 2.79 bits per heavy atom. The van der Waals surface area contributed by atoms with Crippen LogP contribution in [0, 0.1) is 0 Å². The van der Waals surface area contributed by atoms with E-state index in [-0.39, 0.29) is 11.6 Å². The van der Waals surface area contributed by atoms with E-state index in [4.69, 9.17) is 4.98 Å². The first-order chi connectivity index (χ1) is 11.6. The van der Waals surface area contributed by atoms with Crippen LogP contribution >= 0.6 is 0 Å². The van der Waals surface area contributed by atoms with Gasteiger partial charge in [0.2, 0.25) is 0 Å². The van der Waals surface area contributed by atoms with Gasteiger partial charge in [-0.3, -0.25) is 0 Å². The highest BCUT2D eigenvalue weighted by Gasteiger charge is 2.26. The Bertz CT molecular complexity index is 959. The van der Waals surface area contributed by atoms with Gasteiger partial charge in [-0.2, -0.15) is 0 Å². The van der Waals surface area contributed by atoms with Crippen LogP contribution in [0.3, 0.4) is 0 Å². The molecule has 2 aromatic heterocycles. The first kappa shape index (κ1) is 14.6. The highest BCUT2D eigenvalue weighted by molar-refractivity contribution is 5.88. The molecule has 3 heterocycles. The summed E-state index contributed by atoms with van der Waals surface area (Å²) in [6.45, 7) is 4.11. The molecule has 1 aliphatic rings. The molecule has 0 aliphatic carbocycles. The van der Waals surface area contributed by atoms with Gasteiger partial charge < -0.3 is 9.67 Å². The number of benzene rings is 1. The Labute approximate surface area is 138 Å². The van der Waals surface area contributed by atoms with Crippen LogP contribution in [-0.4, -0.2) is 30.6 Å². The van der Waals surface area contributed by atoms with E-state index >= 15 is 0 Å². The van der Waals surface area contributed by atoms with Crippen LogP contribution in [-0.2, 0) is 6.42 Å². The fourth-order valence-electron chi connectivity index (χ4n) is 3.05. The van der Waals surface area contributed by atoms with E-state index in [2.05, 4.69) is 23.8 Å². The number of carboxylic acids is 1. The zero-order valence-electron chi connectivity index (χ0n) is 13.4. The van der Waals surface area contributed by atoms with E-state index < -0.39 is 5.97 Å². The summed E-state index contributed by atoms with van der Waals surface area (Å²) in [5, 5.41) is 9.43. The van der Waals surface area contributed by atoms with E-state index in [0.717, 1.165) is 28.3 Å². The number of aromatic carboxylic acids is 1. The fraction of sp³-hybridized carbons (Fsp3) is 0.222. The summed E-state index contributed by atoms with van der Waals surface area (Å²) in [4.78, 5) is 24.8. The van der Waals surface area contributed by atoms with Gasteiger partial charge in [0.1, 0.15) is 12.2 Å². The van der Waals surface area contributed by atoms with Crippen molar-refractivity contribution in [3.63, 3.8) is 0 Å². The molecule has 0 bridgehead atoms. The monoisotopic (exact) mass is 320 g/mol. The van der Waals surface area contributed by atoms with E-state index in [1.54, 1.807) is 6.33 Å². The maximum absolute atomic E-state index is 11.5. The van der Waals surface area contributed by atoms with Crippen LogP contribution in [0.5, 0.6) is 0 Å². The zero-order valence-corrected chi connectivity index (χ0v) is 13.4. The molecule has 0 atom stereocenters. The van der Waals surface area contributed by atoms with Crippen molar-refractivity contribution in [2.24, 2.45) is 0 Å². The molecule has 0 amide bonds. The number of carbonyl (C=O) groups is 1. The molecule has 1 N–H and O–H groups in total. The van der Waals surface area contributed by atoms with Gasteiger partial charge >= 0.3 is 5.97 Å². The van der Waals surface area contributed by atoms with Gasteiger partial charge in [-0.1, -0.05) is 32.0 Å². The van der Waals surface area contributed by atoms with Gasteiger partial charge in [-0.15, -0.1) is 0 Å². The van der Waals surface area contributed by atoms with E-state index in [1.807, 2.05) is 35.0 Å². The van der Waals surface area contributed by atoms with Gasteiger partial charge in [0, 0.05) is 29.7 Å². The molecule has 0 saturated heterocycles. The van der Waals surface area contributed by atoms with Gasteiger partial charge in [-0.05, 0) is 6.07 Å². The molecule has 1 aliphatic heterocycles. The number of imidazole rings is 1. The third-order valence-electron chi connectivity index (χ3n) is 4.25. The summed E-state index contributed by atoms with van der Waals surface area (Å²) in [5.74, 6) is -0.0167. The van der Waals surface area contributed by atoms with E-state index in [0.29, 0.717) is 12.1 Å². The molecule has 120 valence electrons. The summed E-state index contributed by atoms with van der Waals surface area (Å²) in [7, 11) is 0. The molecular weight excluding hydrogens is 304 g/mol. The summed E-state index contributed by atoms with van der Waals surface area (Å²) in [6, 6.07) is 7.84. The van der Waals surface area contributed by atoms with Gasteiger partial charge in [0.25, 0.3) is 0 Å². The van der Waals surface area contributed by atoms with Crippen molar-refractivity contribution in [1.82, 2.24) is 19.5 Å². The molecule has 1 aromatic carbocycles. The van der Waals surface area contributed by atoms with Crippen LogP contribution in [0.4, 0.5) is 0 Å². The molecular formula is C18H16N4O2. The first-order valence-electron chi connectivity index (χ1n) is 7.81. The van der Waals surface area contributed by atoms with Crippen molar-refractivity contribution in [2.45, 2.75) is 26.2 Å². The minimum absolute atomic E-state index is 0.0746. The zero-order chi connectivity index (χ0) is 16.8. The van der Waals surface area contributed by atoms with Crippen LogP contribution < -0.4 is 0 Å². The Morgan fingerprint density at radius 1 is 1.25 bits per heavy atom. The van der Waals surface area contributed by atoms with Crippen molar-refractivity contribution in [2.75, 3.05) is 0 Å². The quantitative estimate of drug-likeness (QED) is 0.614. The minimum Gasteiger partial charge on any atom is -0.476 e. The molecule has 4 rings (SSSR count). The molecule has 3 aromatic rings. The standard InChI is InChI=1S/C18H16N4O2/c1-10(2)17-19-8-11-7-14-16(18(23)24)20-9-22(14)13-6-4-3-5-12(13)15(11)21-17/h3-6,8-10H,7H2,1-2H3,(H,23,24). The second kappa shape index (κ2) is 5.26. The molecule has 6 nitrogen and oxygen atoms in total. The first-order valence-corrected chi connectivity index (χ1v) is 7.81. The average molecular weight is 320 g/mol. The lowest BCUT2D eigenvalue weighted by atomic mass is 10.0. The van der Waals surface area contributed by atoms with Gasteiger partial charge in [0.05, 0.1) is 17.1 Å².